The predicted molar refractivity (Wildman–Crippen MR) is 544 cm³/mol. The highest BCUT2D eigenvalue weighted by molar-refractivity contribution is 7.00. The molecule has 0 radical (unpaired) electrons. The van der Waals surface area contributed by atoms with Gasteiger partial charge in [-0.05, 0) is 250 Å². The minimum atomic E-state index is -0.254. The van der Waals surface area contributed by atoms with E-state index in [2.05, 4.69) is 501 Å². The molecule has 6 heteroatoms. The Morgan fingerprint density at radius 1 is 0.250 bits per heavy atom. The Bertz CT molecular complexity index is 6130. The summed E-state index contributed by atoms with van der Waals surface area (Å²) in [4.78, 5) is 9.96. The summed E-state index contributed by atoms with van der Waals surface area (Å²) in [5.41, 5.74) is 36.8. The van der Waals surface area contributed by atoms with Gasteiger partial charge in [-0.3, -0.25) is 0 Å². The second-order valence-electron chi connectivity index (χ2n) is 41.5. The molecule has 0 spiro atoms. The molecule has 16 rings (SSSR count). The van der Waals surface area contributed by atoms with Crippen molar-refractivity contribution in [3.05, 3.63) is 387 Å². The average molecular weight is 1650 g/mol. The van der Waals surface area contributed by atoms with Gasteiger partial charge in [-0.1, -0.05) is 385 Å². The molecule has 4 nitrogen and oxygen atoms in total. The van der Waals surface area contributed by atoms with Gasteiger partial charge in [-0.15, -0.1) is 0 Å². The van der Waals surface area contributed by atoms with Crippen LogP contribution in [0.1, 0.15) is 234 Å². The molecule has 0 saturated carbocycles. The number of aryl methyl sites for hydroxylation is 2. The maximum absolute atomic E-state index is 8.07. The van der Waals surface area contributed by atoms with Crippen molar-refractivity contribution in [3.8, 4) is 22.3 Å². The Labute approximate surface area is 751 Å². The van der Waals surface area contributed by atoms with E-state index in [-0.39, 0.29) is 64.9 Å². The molecule has 0 aliphatic carbocycles. The number of hydrogen-bond acceptors (Lipinski definition) is 4. The molecule has 2 aliphatic rings. The lowest BCUT2D eigenvalue weighted by Crippen LogP contribution is -2.61. The number of anilines is 12. The summed E-state index contributed by atoms with van der Waals surface area (Å²) in [6, 6.07) is 118. The molecule has 0 saturated heterocycles. The van der Waals surface area contributed by atoms with Gasteiger partial charge in [0.25, 0.3) is 6.71 Å². The Kier molecular flexibility index (Phi) is 25.0. The van der Waals surface area contributed by atoms with Crippen LogP contribution in [0.15, 0.2) is 315 Å². The van der Waals surface area contributed by atoms with Crippen LogP contribution in [-0.2, 0) is 43.3 Å². The van der Waals surface area contributed by atoms with Gasteiger partial charge in [-0.25, -0.2) is 0 Å². The van der Waals surface area contributed by atoms with Gasteiger partial charge in [0.1, 0.15) is 0 Å². The van der Waals surface area contributed by atoms with E-state index in [4.69, 9.17) is 11.6 Å². The second kappa shape index (κ2) is 34.3. The molecule has 0 fully saturated rings. The first-order valence-electron chi connectivity index (χ1n) is 43.9. The van der Waals surface area contributed by atoms with Gasteiger partial charge in [-0.2, -0.15) is 0 Å². The fourth-order valence-corrected chi connectivity index (χ4v) is 18.2. The van der Waals surface area contributed by atoms with Crippen molar-refractivity contribution in [2.45, 2.75) is 224 Å². The van der Waals surface area contributed by atoms with Crippen LogP contribution in [0.3, 0.4) is 0 Å². The van der Waals surface area contributed by atoms with Gasteiger partial charge in [0, 0.05) is 67.5 Å². The summed E-state index contributed by atoms with van der Waals surface area (Å²) < 4.78 is 0. The smallest absolute Gasteiger partial charge is 0.252 e. The van der Waals surface area contributed by atoms with E-state index in [0.717, 1.165) is 50.8 Å². The zero-order valence-electron chi connectivity index (χ0n) is 76.8. The fourth-order valence-electron chi connectivity index (χ4n) is 17.9. The molecular weight excluding hydrogens is 1520 g/mol. The minimum absolute atomic E-state index is 0. The minimum Gasteiger partial charge on any atom is -0.311 e. The van der Waals surface area contributed by atoms with Crippen molar-refractivity contribution < 1.29 is 0 Å². The van der Waals surface area contributed by atoms with Crippen LogP contribution in [0.2, 0.25) is 5.02 Å². The first-order valence-corrected chi connectivity index (χ1v) is 44.3. The third-order valence-corrected chi connectivity index (χ3v) is 26.0. The normalized spacial score (nSPS) is 12.9. The quantitative estimate of drug-likeness (QED) is 0.101. The molecule has 14 aromatic carbocycles. The van der Waals surface area contributed by atoms with Gasteiger partial charge < -0.3 is 19.6 Å². The zero-order chi connectivity index (χ0) is 87.1. The molecule has 0 atom stereocenters. The first kappa shape index (κ1) is 90.4. The molecule has 634 valence electrons. The Morgan fingerprint density at radius 2 is 0.581 bits per heavy atom. The monoisotopic (exact) mass is 1650 g/mol. The summed E-state index contributed by atoms with van der Waals surface area (Å²) in [5, 5.41) is 0.666. The number of fused-ring (bicyclic) bond motifs is 4. The number of nitrogens with zero attached hydrogens (tertiary/aromatic N) is 4. The molecule has 14 aromatic rings. The Hall–Kier alpha value is -11.4. The molecule has 0 N–H and O–H groups in total. The lowest BCUT2D eigenvalue weighted by atomic mass is 9.33. The van der Waals surface area contributed by atoms with E-state index in [1.165, 1.54) is 123 Å². The van der Waals surface area contributed by atoms with Crippen LogP contribution in [-0.4, -0.2) is 6.71 Å². The van der Waals surface area contributed by atoms with Crippen LogP contribution in [0.5, 0.6) is 0 Å². The van der Waals surface area contributed by atoms with E-state index in [9.17, 15) is 0 Å². The number of hydrogen-bond donors (Lipinski definition) is 0. The summed E-state index contributed by atoms with van der Waals surface area (Å²) in [5.74, 6) is 0. The Balaban J connectivity index is 0.000000210. The number of benzene rings is 14. The van der Waals surface area contributed by atoms with E-state index in [1.807, 2.05) is 0 Å². The lowest BCUT2D eigenvalue weighted by molar-refractivity contribution is 0.589. The molecule has 2 aliphatic heterocycles. The van der Waals surface area contributed by atoms with Crippen molar-refractivity contribution in [2.24, 2.45) is 0 Å². The average Bonchev–Trinajstić information content (AvgIpc) is 0.691. The van der Waals surface area contributed by atoms with Crippen LogP contribution >= 0.6 is 11.6 Å². The first-order chi connectivity index (χ1) is 57.5. The second-order valence-corrected chi connectivity index (χ2v) is 41.9. The SMILES string of the molecule is C.C.Cc1cc(N(c2cccc(C(C)(C)C)c2)c2cccc(C(C)(C)C)c2)c(Cl)c(N(c2cccc(C(C)(C)c3ccccc3)c2)c2ccc(C(C)(C)C)cc2-c2ccccc2)c1.Cc1cc2c3c(c1)N(c1ccc(C(C)(C)C)cc1-c1ccccc1)c1cc(C(C)(C)c4ccccc4)ccc1B3c1ccc(C(C)(C)C)cc1N2c1cccc(C(C)(C)C)c1. The topological polar surface area (TPSA) is 13.0 Å². The highest BCUT2D eigenvalue weighted by atomic mass is 35.5. The van der Waals surface area contributed by atoms with Crippen molar-refractivity contribution in [1.29, 1.82) is 0 Å². The van der Waals surface area contributed by atoms with E-state index >= 15 is 0 Å². The highest BCUT2D eigenvalue weighted by Crippen LogP contribution is 2.54. The number of rotatable bonds is 14. The third-order valence-electron chi connectivity index (χ3n) is 25.6. The van der Waals surface area contributed by atoms with Crippen LogP contribution < -0.4 is 36.0 Å². The van der Waals surface area contributed by atoms with Crippen LogP contribution in [0, 0.1) is 13.8 Å². The Morgan fingerprint density at radius 3 is 1.06 bits per heavy atom. The van der Waals surface area contributed by atoms with E-state index in [1.54, 1.807) is 0 Å². The van der Waals surface area contributed by atoms with Gasteiger partial charge in [0.15, 0.2) is 0 Å². The van der Waals surface area contributed by atoms with E-state index < -0.39 is 0 Å². The third kappa shape index (κ3) is 17.9. The molecular formula is C118H132BClN4. The molecule has 2 heterocycles. The molecule has 0 bridgehead atoms. The molecule has 124 heavy (non-hydrogen) atoms. The van der Waals surface area contributed by atoms with Gasteiger partial charge >= 0.3 is 0 Å². The van der Waals surface area contributed by atoms with Crippen molar-refractivity contribution >= 4 is 103 Å². The zero-order valence-corrected chi connectivity index (χ0v) is 77.5. The molecule has 0 amide bonds. The van der Waals surface area contributed by atoms with E-state index in [0.29, 0.717) is 5.02 Å². The largest absolute Gasteiger partial charge is 0.311 e. The van der Waals surface area contributed by atoms with Crippen molar-refractivity contribution in [2.75, 3.05) is 19.6 Å². The summed E-state index contributed by atoms with van der Waals surface area (Å²) in [7, 11) is 0. The number of halogens is 1. The van der Waals surface area contributed by atoms with Crippen molar-refractivity contribution in [1.82, 2.24) is 0 Å². The fraction of sp³-hybridized carbons (Fsp3) is 0.288. The standard InChI is InChI=1S/C58H61BN2.C58H63ClN2.2CH4/c1-38-32-52-54-53(33-38)61(49-31-28-42(56(5,6)7)35-46(49)39-20-15-13-16-21-39)51-37-44(58(11,12)40-22-17-14-18-23-40)27-30-48(51)59(54)47-29-26-43(57(8,9)10)36-50(47)60(52)45-25-19-24-41(34-45)55(2,3)4;1-40-34-52(60(47-29-19-26-43(36-47)55(2,3)4)48-30-20-27-44(37-48)56(5,6)7)54(59)53(35-40)61(49-31-21-28-46(38-49)58(11,12)42-24-17-14-18-25-42)51-33-32-45(57(8,9)10)39-50(51)41-22-15-13-16-23-41;;/h13-37H,1-12H3;13-39H,1-12H3;2*1H4. The summed E-state index contributed by atoms with van der Waals surface area (Å²) in [6.45, 7) is 55.2. The lowest BCUT2D eigenvalue weighted by Gasteiger charge is -2.45. The van der Waals surface area contributed by atoms with Crippen LogP contribution in [0.4, 0.5) is 68.2 Å². The maximum Gasteiger partial charge on any atom is 0.252 e. The molecule has 0 unspecified atom stereocenters. The van der Waals surface area contributed by atoms with Crippen LogP contribution in [0.25, 0.3) is 22.3 Å². The maximum atomic E-state index is 8.07. The van der Waals surface area contributed by atoms with Crippen molar-refractivity contribution in [3.63, 3.8) is 0 Å². The summed E-state index contributed by atoms with van der Waals surface area (Å²) in [6.07, 6.45) is 0. The van der Waals surface area contributed by atoms with Gasteiger partial charge in [0.05, 0.1) is 27.8 Å². The molecule has 0 aromatic heterocycles. The predicted octanol–water partition coefficient (Wildman–Crippen LogP) is 32.7. The summed E-state index contributed by atoms with van der Waals surface area (Å²) >= 11 is 8.07. The van der Waals surface area contributed by atoms with Gasteiger partial charge in [0.2, 0.25) is 0 Å². The highest BCUT2D eigenvalue weighted by Gasteiger charge is 2.46.